The predicted octanol–water partition coefficient (Wildman–Crippen LogP) is 3.71. The van der Waals surface area contributed by atoms with E-state index in [1.54, 1.807) is 0 Å². The van der Waals surface area contributed by atoms with E-state index in [1.807, 2.05) is 0 Å². The topological polar surface area (TPSA) is 145 Å². The smallest absolute Gasteiger partial charge is 0.419 e. The van der Waals surface area contributed by atoms with Crippen molar-refractivity contribution in [3.63, 3.8) is 0 Å². The molecule has 47 heavy (non-hydrogen) atoms. The van der Waals surface area contributed by atoms with Gasteiger partial charge in [-0.25, -0.2) is 12.8 Å². The zero-order valence-electron chi connectivity index (χ0n) is 24.5. The fourth-order valence-corrected chi connectivity index (χ4v) is 7.65. The second-order valence-corrected chi connectivity index (χ2v) is 12.8. The van der Waals surface area contributed by atoms with Crippen molar-refractivity contribution in [2.45, 2.75) is 36.1 Å². The van der Waals surface area contributed by atoms with Crippen LogP contribution < -0.4 is 15.4 Å². The molecule has 0 spiro atoms. The zero-order chi connectivity index (χ0) is 34.9. The molecule has 2 aromatic carbocycles. The molecule has 2 aliphatic rings. The first-order valence-electron chi connectivity index (χ1n) is 14.1. The number of carbonyl (C=O) groups excluding carboxylic acids is 2. The number of methoxy groups -OCH3 is 1. The van der Waals surface area contributed by atoms with Gasteiger partial charge in [0.05, 0.1) is 42.3 Å². The predicted molar refractivity (Wildman–Crippen MR) is 151 cm³/mol. The highest BCUT2D eigenvalue weighted by Gasteiger charge is 2.56. The van der Waals surface area contributed by atoms with Crippen LogP contribution in [0.3, 0.4) is 0 Å². The molecule has 18 heteroatoms. The van der Waals surface area contributed by atoms with Crippen molar-refractivity contribution in [3.05, 3.63) is 65.0 Å². The number of alkyl halides is 6. The van der Waals surface area contributed by atoms with Crippen molar-refractivity contribution < 1.29 is 63.7 Å². The molecule has 2 bridgehead atoms. The Balaban J connectivity index is 1.71. The Morgan fingerprint density at radius 2 is 1.64 bits per heavy atom. The summed E-state index contributed by atoms with van der Waals surface area (Å²) in [6, 6.07) is 3.52. The van der Waals surface area contributed by atoms with Crippen LogP contribution in [-0.2, 0) is 21.0 Å². The van der Waals surface area contributed by atoms with Crippen LogP contribution in [0.4, 0.5) is 36.4 Å². The molecular weight excluding hydrogens is 667 g/mol. The molecule has 0 aromatic heterocycles. The summed E-state index contributed by atoms with van der Waals surface area (Å²) in [6.45, 7) is -1.93. The van der Waals surface area contributed by atoms with Crippen LogP contribution in [0.15, 0.2) is 52.9 Å². The second-order valence-electron chi connectivity index (χ2n) is 10.9. The van der Waals surface area contributed by atoms with E-state index in [0.717, 1.165) is 28.6 Å². The molecule has 2 fully saturated rings. The van der Waals surface area contributed by atoms with E-state index in [9.17, 15) is 59.0 Å². The van der Waals surface area contributed by atoms with Gasteiger partial charge in [-0.3, -0.25) is 9.59 Å². The van der Waals surface area contributed by atoms with Gasteiger partial charge in [-0.2, -0.15) is 30.6 Å². The number of allylic oxidation sites excluding steroid dienone is 1. The molecular formula is C29H30F7N3O7S. The van der Waals surface area contributed by atoms with Crippen LogP contribution in [0.25, 0.3) is 0 Å². The molecule has 258 valence electrons. The number of hydrogen-bond donors (Lipinski definition) is 4. The van der Waals surface area contributed by atoms with Gasteiger partial charge in [0, 0.05) is 36.8 Å². The number of amides is 2. The van der Waals surface area contributed by atoms with E-state index in [4.69, 9.17) is 4.74 Å². The molecule has 2 saturated carbocycles. The van der Waals surface area contributed by atoms with Crippen LogP contribution in [-0.4, -0.2) is 80.4 Å². The van der Waals surface area contributed by atoms with E-state index >= 15 is 0 Å². The lowest BCUT2D eigenvalue weighted by Crippen LogP contribution is -2.48. The highest BCUT2D eigenvalue weighted by atomic mass is 32.2. The number of sulfonamides is 1. The maximum Gasteiger partial charge on any atom is 0.419 e. The fourth-order valence-electron chi connectivity index (χ4n) is 6.21. The summed E-state index contributed by atoms with van der Waals surface area (Å²) in [5, 5.41) is 23.3. The highest BCUT2D eigenvalue weighted by Crippen LogP contribution is 2.54. The minimum atomic E-state index is -5.11. The number of benzene rings is 2. The summed E-state index contributed by atoms with van der Waals surface area (Å²) in [6.07, 6.45) is -9.65. The number of aliphatic hydroxyl groups is 2. The molecule has 0 heterocycles. The van der Waals surface area contributed by atoms with Crippen LogP contribution in [0.5, 0.6) is 5.75 Å². The van der Waals surface area contributed by atoms with Crippen LogP contribution >= 0.6 is 0 Å². The third-order valence-corrected chi connectivity index (χ3v) is 10.0. The quantitative estimate of drug-likeness (QED) is 0.207. The summed E-state index contributed by atoms with van der Waals surface area (Å²) in [4.78, 5) is 26.7. The summed E-state index contributed by atoms with van der Waals surface area (Å²) in [5.41, 5.74) is -2.72. The maximum absolute atomic E-state index is 13.8. The first-order valence-corrected chi connectivity index (χ1v) is 15.5. The maximum atomic E-state index is 13.8. The number of fused-ring (bicyclic) bond motifs is 2. The number of carbonyl (C=O) groups is 2. The Bertz CT molecular complexity index is 1640. The third kappa shape index (κ3) is 7.71. The van der Waals surface area contributed by atoms with E-state index < -0.39 is 93.2 Å². The summed E-state index contributed by atoms with van der Waals surface area (Å²) >= 11 is 0. The van der Waals surface area contributed by atoms with Gasteiger partial charge >= 0.3 is 12.4 Å². The average molecular weight is 698 g/mol. The summed E-state index contributed by atoms with van der Waals surface area (Å²) in [5.74, 6) is -7.28. The lowest BCUT2D eigenvalue weighted by atomic mass is 9.83. The van der Waals surface area contributed by atoms with Crippen molar-refractivity contribution in [1.82, 2.24) is 9.62 Å². The Labute approximate surface area is 264 Å². The molecule has 2 aromatic rings. The van der Waals surface area contributed by atoms with Gasteiger partial charge in [0.1, 0.15) is 11.6 Å². The highest BCUT2D eigenvalue weighted by molar-refractivity contribution is 7.89. The lowest BCUT2D eigenvalue weighted by molar-refractivity contribution is -0.140. The van der Waals surface area contributed by atoms with Crippen LogP contribution in [0, 0.1) is 23.6 Å². The molecule has 4 atom stereocenters. The van der Waals surface area contributed by atoms with Crippen molar-refractivity contribution in [3.8, 4) is 5.75 Å². The Morgan fingerprint density at radius 3 is 2.21 bits per heavy atom. The molecule has 4 N–H and O–H groups in total. The van der Waals surface area contributed by atoms with Gasteiger partial charge in [-0.15, -0.1) is 0 Å². The van der Waals surface area contributed by atoms with Crippen molar-refractivity contribution in [1.29, 1.82) is 0 Å². The molecule has 4 rings (SSSR count). The van der Waals surface area contributed by atoms with Gasteiger partial charge in [0.15, 0.2) is 0 Å². The Morgan fingerprint density at radius 1 is 1.00 bits per heavy atom. The summed E-state index contributed by atoms with van der Waals surface area (Å²) < 4.78 is 127. The standard InChI is InChI=1S/C29H30F7N3O7S/c1-46-23-7-3-16(47(44,45)39(8-10-40)9-11-41)13-19(23)26(42)38-25-18-5-4-17(20(18)14-28(31,32)33)24(25)27(43)37-15-2-6-22(30)21(12-15)29(34,35)36/h2-3,6-7,12-14,17-18,24-25,40-41H,4-5,8-11H2,1H3,(H,37,43)(H,38,42)/b20-14-/t17-,18+,24-,25+/m0/s1. The van der Waals surface area contributed by atoms with E-state index in [0.29, 0.717) is 12.1 Å². The van der Waals surface area contributed by atoms with Crippen molar-refractivity contribution in [2.24, 2.45) is 17.8 Å². The number of aliphatic hydroxyl groups excluding tert-OH is 2. The van der Waals surface area contributed by atoms with E-state index in [2.05, 4.69) is 10.6 Å². The molecule has 10 nitrogen and oxygen atoms in total. The largest absolute Gasteiger partial charge is 0.496 e. The molecule has 0 aliphatic heterocycles. The normalized spacial score (nSPS) is 22.1. The van der Waals surface area contributed by atoms with E-state index in [-0.39, 0.29) is 48.9 Å². The van der Waals surface area contributed by atoms with Crippen LogP contribution in [0.2, 0.25) is 0 Å². The number of halogens is 7. The average Bonchev–Trinajstić information content (AvgIpc) is 3.49. The zero-order valence-corrected chi connectivity index (χ0v) is 25.3. The van der Waals surface area contributed by atoms with Crippen molar-refractivity contribution in [2.75, 3.05) is 38.7 Å². The number of anilines is 1. The van der Waals surface area contributed by atoms with Gasteiger partial charge < -0.3 is 25.6 Å². The number of nitrogens with zero attached hydrogens (tertiary/aromatic N) is 1. The van der Waals surface area contributed by atoms with E-state index in [1.165, 1.54) is 7.11 Å². The molecule has 0 radical (unpaired) electrons. The number of nitrogens with one attached hydrogen (secondary N) is 2. The molecule has 0 unspecified atom stereocenters. The van der Waals surface area contributed by atoms with Gasteiger partial charge in [0.25, 0.3) is 5.91 Å². The lowest BCUT2D eigenvalue weighted by Gasteiger charge is -2.30. The fraction of sp³-hybridized carbons (Fsp3) is 0.448. The first kappa shape index (κ1) is 36.1. The number of ether oxygens (including phenoxy) is 1. The SMILES string of the molecule is COc1ccc(S(=O)(=O)N(CCO)CCO)cc1C(=O)N[C@H]1[C@@H](C(=O)Nc2ccc(F)c(C(F)(F)F)c2)[C@H]2CC[C@@H]1/C2=C\C(F)(F)F. The molecule has 2 amide bonds. The third-order valence-electron chi connectivity index (χ3n) is 8.12. The monoisotopic (exact) mass is 697 g/mol. The summed E-state index contributed by atoms with van der Waals surface area (Å²) in [7, 11) is -3.21. The van der Waals surface area contributed by atoms with Crippen LogP contribution in [0.1, 0.15) is 28.8 Å². The Hall–Kier alpha value is -3.74. The minimum Gasteiger partial charge on any atom is -0.496 e. The number of rotatable bonds is 11. The van der Waals surface area contributed by atoms with Crippen molar-refractivity contribution >= 4 is 27.5 Å². The second kappa shape index (κ2) is 13.8. The Kier molecular flexibility index (Phi) is 10.6. The minimum absolute atomic E-state index is 0.0338. The van der Waals surface area contributed by atoms with Gasteiger partial charge in [0.2, 0.25) is 15.9 Å². The number of hydrogen-bond acceptors (Lipinski definition) is 7. The molecule has 0 saturated heterocycles. The van der Waals surface area contributed by atoms with Gasteiger partial charge in [-0.05, 0) is 55.2 Å². The first-order chi connectivity index (χ1) is 21.9. The van der Waals surface area contributed by atoms with Gasteiger partial charge in [-0.1, -0.05) is 5.57 Å². The molecule has 2 aliphatic carbocycles.